The van der Waals surface area contributed by atoms with Crippen LogP contribution in [0.4, 0.5) is 8.78 Å². The van der Waals surface area contributed by atoms with Crippen LogP contribution in [0.3, 0.4) is 0 Å². The smallest absolute Gasteiger partial charge is 0.253 e. The van der Waals surface area contributed by atoms with Gasteiger partial charge < -0.3 is 10.2 Å². The summed E-state index contributed by atoms with van der Waals surface area (Å²) in [7, 11) is 0. The summed E-state index contributed by atoms with van der Waals surface area (Å²) in [4.78, 5) is 0. The fraction of sp³-hybridized carbons (Fsp3) is 0.273. The van der Waals surface area contributed by atoms with E-state index in [4.69, 9.17) is 10.2 Å². The van der Waals surface area contributed by atoms with Crippen molar-refractivity contribution < 1.29 is 13.2 Å². The maximum Gasteiger partial charge on any atom is 0.253 e. The van der Waals surface area contributed by atoms with Crippen molar-refractivity contribution in [3.63, 3.8) is 0 Å². The number of nitrogens with two attached hydrogens (primary N) is 1. The van der Waals surface area contributed by atoms with Crippen molar-refractivity contribution >= 4 is 11.0 Å². The molecule has 1 aromatic carbocycles. The number of benzene rings is 1. The topological polar surface area (TPSA) is 39.2 Å². The zero-order valence-corrected chi connectivity index (χ0v) is 7.99. The molecule has 2 rings (SSSR count). The third kappa shape index (κ3) is 2.15. The van der Waals surface area contributed by atoms with Gasteiger partial charge in [-0.05, 0) is 30.2 Å². The second kappa shape index (κ2) is 3.98. The van der Waals surface area contributed by atoms with E-state index in [9.17, 15) is 8.78 Å². The zero-order chi connectivity index (χ0) is 10.8. The van der Waals surface area contributed by atoms with Gasteiger partial charge in [0.25, 0.3) is 6.43 Å². The largest absolute Gasteiger partial charge is 0.464 e. The van der Waals surface area contributed by atoms with E-state index in [1.54, 1.807) is 24.5 Å². The second-order valence-corrected chi connectivity index (χ2v) is 3.50. The van der Waals surface area contributed by atoms with Crippen molar-refractivity contribution in [1.82, 2.24) is 0 Å². The van der Waals surface area contributed by atoms with Gasteiger partial charge in [-0.25, -0.2) is 8.78 Å². The van der Waals surface area contributed by atoms with Crippen LogP contribution in [0.1, 0.15) is 5.56 Å². The molecule has 0 fully saturated rings. The van der Waals surface area contributed by atoms with Crippen LogP contribution in [-0.2, 0) is 6.42 Å². The van der Waals surface area contributed by atoms with Crippen molar-refractivity contribution in [3.05, 3.63) is 36.1 Å². The van der Waals surface area contributed by atoms with Crippen LogP contribution >= 0.6 is 0 Å². The van der Waals surface area contributed by atoms with Crippen molar-refractivity contribution in [2.75, 3.05) is 0 Å². The monoisotopic (exact) mass is 211 g/mol. The Labute approximate surface area is 85.7 Å². The molecule has 80 valence electrons. The molecule has 0 spiro atoms. The first-order chi connectivity index (χ1) is 7.16. The number of furan rings is 1. The van der Waals surface area contributed by atoms with E-state index in [0.29, 0.717) is 0 Å². The Morgan fingerprint density at radius 2 is 2.07 bits per heavy atom. The summed E-state index contributed by atoms with van der Waals surface area (Å²) >= 11 is 0. The lowest BCUT2D eigenvalue weighted by Gasteiger charge is -2.09. The third-order valence-electron chi connectivity index (χ3n) is 2.31. The van der Waals surface area contributed by atoms with Crippen LogP contribution in [0, 0.1) is 0 Å². The number of rotatable bonds is 3. The van der Waals surface area contributed by atoms with Gasteiger partial charge in [-0.3, -0.25) is 0 Å². The Morgan fingerprint density at radius 3 is 2.80 bits per heavy atom. The predicted molar refractivity (Wildman–Crippen MR) is 53.9 cm³/mol. The van der Waals surface area contributed by atoms with Crippen LogP contribution in [0.15, 0.2) is 34.9 Å². The van der Waals surface area contributed by atoms with E-state index < -0.39 is 12.5 Å². The Balaban J connectivity index is 2.21. The fourth-order valence-corrected chi connectivity index (χ4v) is 1.50. The van der Waals surface area contributed by atoms with E-state index in [1.807, 2.05) is 6.07 Å². The molecule has 0 amide bonds. The molecule has 0 saturated carbocycles. The highest BCUT2D eigenvalue weighted by Gasteiger charge is 2.15. The summed E-state index contributed by atoms with van der Waals surface area (Å²) in [6.45, 7) is 0. The molecular weight excluding hydrogens is 200 g/mol. The van der Waals surface area contributed by atoms with Gasteiger partial charge in [0.2, 0.25) is 0 Å². The van der Waals surface area contributed by atoms with Crippen molar-refractivity contribution in [1.29, 1.82) is 0 Å². The maximum absolute atomic E-state index is 12.2. The van der Waals surface area contributed by atoms with Gasteiger partial charge in [0.05, 0.1) is 12.3 Å². The van der Waals surface area contributed by atoms with Crippen molar-refractivity contribution in [2.45, 2.75) is 18.9 Å². The standard InChI is InChI=1S/C11H11F2NO/c12-11(13)9(14)6-7-1-2-10-8(5-7)3-4-15-10/h1-5,9,11H,6,14H2. The van der Waals surface area contributed by atoms with E-state index in [-0.39, 0.29) is 6.42 Å². The molecule has 0 radical (unpaired) electrons. The van der Waals surface area contributed by atoms with Crippen molar-refractivity contribution in [2.24, 2.45) is 5.73 Å². The molecule has 1 heterocycles. The molecule has 2 nitrogen and oxygen atoms in total. The molecule has 0 saturated heterocycles. The minimum Gasteiger partial charge on any atom is -0.464 e. The number of halogens is 2. The predicted octanol–water partition coefficient (Wildman–Crippen LogP) is 2.57. The molecule has 2 N–H and O–H groups in total. The highest BCUT2D eigenvalue weighted by Crippen LogP contribution is 2.18. The number of hydrogen-bond donors (Lipinski definition) is 1. The van der Waals surface area contributed by atoms with Gasteiger partial charge in [-0.2, -0.15) is 0 Å². The van der Waals surface area contributed by atoms with E-state index in [0.717, 1.165) is 16.5 Å². The van der Waals surface area contributed by atoms with E-state index >= 15 is 0 Å². The first kappa shape index (κ1) is 10.1. The normalized spacial score (nSPS) is 13.6. The average molecular weight is 211 g/mol. The average Bonchev–Trinajstić information content (AvgIpc) is 2.64. The van der Waals surface area contributed by atoms with Crippen LogP contribution in [0.2, 0.25) is 0 Å². The third-order valence-corrected chi connectivity index (χ3v) is 2.31. The van der Waals surface area contributed by atoms with Crippen LogP contribution in [-0.4, -0.2) is 12.5 Å². The Morgan fingerprint density at radius 1 is 1.27 bits per heavy atom. The lowest BCUT2D eigenvalue weighted by atomic mass is 10.1. The molecule has 0 aliphatic carbocycles. The van der Waals surface area contributed by atoms with Gasteiger partial charge in [0.1, 0.15) is 5.58 Å². The molecule has 1 unspecified atom stereocenters. The van der Waals surface area contributed by atoms with Crippen LogP contribution < -0.4 is 5.73 Å². The van der Waals surface area contributed by atoms with Crippen LogP contribution in [0.25, 0.3) is 11.0 Å². The number of fused-ring (bicyclic) bond motifs is 1. The molecule has 4 heteroatoms. The summed E-state index contributed by atoms with van der Waals surface area (Å²) in [5.41, 5.74) is 6.85. The quantitative estimate of drug-likeness (QED) is 0.847. The lowest BCUT2D eigenvalue weighted by Crippen LogP contribution is -2.30. The number of hydrogen-bond acceptors (Lipinski definition) is 2. The first-order valence-electron chi connectivity index (χ1n) is 4.66. The number of alkyl halides is 2. The highest BCUT2D eigenvalue weighted by molar-refractivity contribution is 5.77. The molecule has 0 aliphatic heterocycles. The van der Waals surface area contributed by atoms with Gasteiger partial charge in [0.15, 0.2) is 0 Å². The Kier molecular flexibility index (Phi) is 2.68. The lowest BCUT2D eigenvalue weighted by molar-refractivity contribution is 0.116. The molecule has 2 aromatic rings. The van der Waals surface area contributed by atoms with E-state index in [1.165, 1.54) is 0 Å². The van der Waals surface area contributed by atoms with Crippen molar-refractivity contribution in [3.8, 4) is 0 Å². The molecular formula is C11H11F2NO. The second-order valence-electron chi connectivity index (χ2n) is 3.50. The summed E-state index contributed by atoms with van der Waals surface area (Å²) < 4.78 is 29.6. The maximum atomic E-state index is 12.2. The fourth-order valence-electron chi connectivity index (χ4n) is 1.50. The summed E-state index contributed by atoms with van der Waals surface area (Å²) in [5, 5.41) is 0.911. The Hall–Kier alpha value is -1.42. The summed E-state index contributed by atoms with van der Waals surface area (Å²) in [5.74, 6) is 0. The zero-order valence-electron chi connectivity index (χ0n) is 7.99. The minimum atomic E-state index is -2.48. The molecule has 15 heavy (non-hydrogen) atoms. The van der Waals surface area contributed by atoms with Gasteiger partial charge in [-0.1, -0.05) is 6.07 Å². The van der Waals surface area contributed by atoms with Gasteiger partial charge in [-0.15, -0.1) is 0 Å². The first-order valence-corrected chi connectivity index (χ1v) is 4.66. The Bertz CT molecular complexity index is 453. The molecule has 1 aromatic heterocycles. The SMILES string of the molecule is NC(Cc1ccc2occc2c1)C(F)F. The van der Waals surface area contributed by atoms with E-state index in [2.05, 4.69) is 0 Å². The van der Waals surface area contributed by atoms with Gasteiger partial charge in [0, 0.05) is 5.39 Å². The minimum absolute atomic E-state index is 0.179. The van der Waals surface area contributed by atoms with Crippen LogP contribution in [0.5, 0.6) is 0 Å². The molecule has 0 aliphatic rings. The molecule has 1 atom stereocenters. The highest BCUT2D eigenvalue weighted by atomic mass is 19.3. The van der Waals surface area contributed by atoms with Gasteiger partial charge >= 0.3 is 0 Å². The summed E-state index contributed by atoms with van der Waals surface area (Å²) in [6.07, 6.45) is -0.731. The molecule has 0 bridgehead atoms. The summed E-state index contributed by atoms with van der Waals surface area (Å²) in [6, 6.07) is 6.04.